The van der Waals surface area contributed by atoms with Crippen molar-refractivity contribution >= 4 is 23.6 Å². The Morgan fingerprint density at radius 1 is 1.22 bits per heavy atom. The van der Waals surface area contributed by atoms with Gasteiger partial charge in [-0.1, -0.05) is 37.3 Å². The lowest BCUT2D eigenvalue weighted by Crippen LogP contribution is -2.46. The fraction of sp³-hybridized carbons (Fsp3) is 0.238. The van der Waals surface area contributed by atoms with Gasteiger partial charge in [-0.3, -0.25) is 14.5 Å². The predicted molar refractivity (Wildman–Crippen MR) is 102 cm³/mol. The zero-order valence-corrected chi connectivity index (χ0v) is 15.2. The number of rotatable bonds is 5. The molecule has 0 fully saturated rings. The van der Waals surface area contributed by atoms with Gasteiger partial charge in [0.15, 0.2) is 11.5 Å². The maximum atomic E-state index is 14.0. The number of benzene rings is 2. The van der Waals surface area contributed by atoms with Crippen LogP contribution in [0.15, 0.2) is 54.3 Å². The smallest absolute Gasteiger partial charge is 0.294 e. The Balaban J connectivity index is 1.93. The molecule has 0 saturated heterocycles. The summed E-state index contributed by atoms with van der Waals surface area (Å²) in [4.78, 5) is 26.6. The van der Waals surface area contributed by atoms with Gasteiger partial charge in [-0.25, -0.2) is 4.39 Å². The summed E-state index contributed by atoms with van der Waals surface area (Å²) in [6.07, 6.45) is 2.14. The summed E-state index contributed by atoms with van der Waals surface area (Å²) in [6, 6.07) is 13.1. The minimum Gasteiger partial charge on any atom is -0.449 e. The largest absolute Gasteiger partial charge is 0.449 e. The van der Waals surface area contributed by atoms with Crippen LogP contribution in [-0.4, -0.2) is 24.4 Å². The molecule has 0 spiro atoms. The lowest BCUT2D eigenvalue weighted by atomic mass is 10.1. The van der Waals surface area contributed by atoms with E-state index in [1.54, 1.807) is 42.5 Å². The first-order valence-electron chi connectivity index (χ1n) is 8.84. The van der Waals surface area contributed by atoms with Gasteiger partial charge < -0.3 is 10.1 Å². The van der Waals surface area contributed by atoms with Crippen molar-refractivity contribution in [2.45, 2.75) is 26.3 Å². The Kier molecular flexibility index (Phi) is 5.54. The van der Waals surface area contributed by atoms with Gasteiger partial charge in [-0.15, -0.1) is 0 Å². The van der Waals surface area contributed by atoms with Crippen molar-refractivity contribution < 1.29 is 18.7 Å². The number of hydrogen-bond donors (Lipinski definition) is 1. The summed E-state index contributed by atoms with van der Waals surface area (Å²) in [6.45, 7) is 3.73. The Bertz CT molecular complexity index is 895. The molecule has 140 valence electrons. The quantitative estimate of drug-likeness (QED) is 0.822. The van der Waals surface area contributed by atoms with Gasteiger partial charge in [0.25, 0.3) is 5.91 Å². The van der Waals surface area contributed by atoms with E-state index in [0.29, 0.717) is 11.4 Å². The molecule has 0 aliphatic carbocycles. The molecule has 0 saturated carbocycles. The Morgan fingerprint density at radius 3 is 2.67 bits per heavy atom. The molecular weight excluding hydrogens is 347 g/mol. The molecule has 1 aliphatic heterocycles. The standard InChI is InChI=1S/C21H21FN2O3/c1-3-14(2)23-20(25)13-24-17-10-6-7-11-18(17)27-19(21(24)26)12-15-8-4-5-9-16(15)22/h4-12,14H,3,13H2,1-2H3,(H,23,25)/b19-12-/t14-/m1/s1. The van der Waals surface area contributed by atoms with Crippen LogP contribution in [0, 0.1) is 5.82 Å². The monoisotopic (exact) mass is 368 g/mol. The van der Waals surface area contributed by atoms with Crippen molar-refractivity contribution in [2.75, 3.05) is 11.4 Å². The summed E-state index contributed by atoms with van der Waals surface area (Å²) in [5.41, 5.74) is 0.747. The van der Waals surface area contributed by atoms with Crippen LogP contribution in [0.3, 0.4) is 0 Å². The van der Waals surface area contributed by atoms with Crippen molar-refractivity contribution in [3.63, 3.8) is 0 Å². The highest BCUT2D eigenvalue weighted by Crippen LogP contribution is 2.35. The normalized spacial score (nSPS) is 15.9. The lowest BCUT2D eigenvalue weighted by Gasteiger charge is -2.30. The molecule has 1 atom stereocenters. The number of nitrogens with one attached hydrogen (secondary N) is 1. The average molecular weight is 368 g/mol. The summed E-state index contributed by atoms with van der Waals surface area (Å²) in [7, 11) is 0. The molecule has 0 radical (unpaired) electrons. The van der Waals surface area contributed by atoms with Crippen LogP contribution in [0.25, 0.3) is 6.08 Å². The van der Waals surface area contributed by atoms with E-state index >= 15 is 0 Å². The number of carbonyl (C=O) groups is 2. The average Bonchev–Trinajstić information content (AvgIpc) is 2.66. The molecule has 6 heteroatoms. The number of carbonyl (C=O) groups excluding carboxylic acids is 2. The first-order valence-corrected chi connectivity index (χ1v) is 8.84. The number of halogens is 1. The molecular formula is C21H21FN2O3. The second-order valence-electron chi connectivity index (χ2n) is 6.37. The zero-order chi connectivity index (χ0) is 19.4. The van der Waals surface area contributed by atoms with E-state index in [0.717, 1.165) is 6.42 Å². The number of hydrogen-bond acceptors (Lipinski definition) is 3. The van der Waals surface area contributed by atoms with E-state index < -0.39 is 11.7 Å². The van der Waals surface area contributed by atoms with Gasteiger partial charge >= 0.3 is 0 Å². The van der Waals surface area contributed by atoms with E-state index in [1.165, 1.54) is 17.0 Å². The Labute approximate surface area is 157 Å². The maximum Gasteiger partial charge on any atom is 0.294 e. The SMILES string of the molecule is CC[C@@H](C)NC(=O)CN1C(=O)/C(=C/c2ccccc2F)Oc2ccccc21. The number of para-hydroxylation sites is 2. The third kappa shape index (κ3) is 4.16. The first kappa shape index (κ1) is 18.6. The van der Waals surface area contributed by atoms with Crippen LogP contribution in [0.5, 0.6) is 5.75 Å². The second kappa shape index (κ2) is 8.03. The number of ether oxygens (including phenoxy) is 1. The molecule has 2 aromatic rings. The molecule has 0 unspecified atom stereocenters. The highest BCUT2D eigenvalue weighted by molar-refractivity contribution is 6.12. The number of fused-ring (bicyclic) bond motifs is 1. The van der Waals surface area contributed by atoms with Crippen molar-refractivity contribution in [1.29, 1.82) is 0 Å². The van der Waals surface area contributed by atoms with E-state index in [2.05, 4.69) is 5.32 Å². The number of amides is 2. The molecule has 1 heterocycles. The molecule has 3 rings (SSSR count). The molecule has 2 amide bonds. The first-order chi connectivity index (χ1) is 13.0. The maximum absolute atomic E-state index is 14.0. The third-order valence-electron chi connectivity index (χ3n) is 4.35. The van der Waals surface area contributed by atoms with Gasteiger partial charge in [0, 0.05) is 11.6 Å². The summed E-state index contributed by atoms with van der Waals surface area (Å²) < 4.78 is 19.7. The highest BCUT2D eigenvalue weighted by atomic mass is 19.1. The van der Waals surface area contributed by atoms with Crippen molar-refractivity contribution in [3.05, 3.63) is 65.7 Å². The van der Waals surface area contributed by atoms with E-state index in [-0.39, 0.29) is 29.8 Å². The lowest BCUT2D eigenvalue weighted by molar-refractivity contribution is -0.123. The molecule has 5 nitrogen and oxygen atoms in total. The van der Waals surface area contributed by atoms with Crippen molar-refractivity contribution in [3.8, 4) is 5.75 Å². The van der Waals surface area contributed by atoms with E-state index in [9.17, 15) is 14.0 Å². The van der Waals surface area contributed by atoms with E-state index in [1.807, 2.05) is 13.8 Å². The van der Waals surface area contributed by atoms with Gasteiger partial charge in [0.1, 0.15) is 12.4 Å². The van der Waals surface area contributed by atoms with Crippen LogP contribution in [0.1, 0.15) is 25.8 Å². The summed E-state index contributed by atoms with van der Waals surface area (Å²) >= 11 is 0. The highest BCUT2D eigenvalue weighted by Gasteiger charge is 2.31. The second-order valence-corrected chi connectivity index (χ2v) is 6.37. The molecule has 1 N–H and O–H groups in total. The van der Waals surface area contributed by atoms with Gasteiger partial charge in [0.05, 0.1) is 5.69 Å². The minimum atomic E-state index is -0.490. The van der Waals surface area contributed by atoms with Crippen LogP contribution >= 0.6 is 0 Å². The van der Waals surface area contributed by atoms with Crippen LogP contribution in [-0.2, 0) is 9.59 Å². The summed E-state index contributed by atoms with van der Waals surface area (Å²) in [5, 5.41) is 2.85. The van der Waals surface area contributed by atoms with Gasteiger partial charge in [-0.2, -0.15) is 0 Å². The Hall–Kier alpha value is -3.15. The van der Waals surface area contributed by atoms with Crippen LogP contribution in [0.4, 0.5) is 10.1 Å². The molecule has 1 aliphatic rings. The summed E-state index contributed by atoms with van der Waals surface area (Å²) in [5.74, 6) is -0.802. The fourth-order valence-corrected chi connectivity index (χ4v) is 2.72. The zero-order valence-electron chi connectivity index (χ0n) is 15.2. The van der Waals surface area contributed by atoms with Crippen LogP contribution in [0.2, 0.25) is 0 Å². The number of anilines is 1. The van der Waals surface area contributed by atoms with Gasteiger partial charge in [-0.05, 0) is 37.6 Å². The molecule has 2 aromatic carbocycles. The number of nitrogens with zero attached hydrogens (tertiary/aromatic N) is 1. The van der Waals surface area contributed by atoms with Crippen molar-refractivity contribution in [2.24, 2.45) is 0 Å². The fourth-order valence-electron chi connectivity index (χ4n) is 2.72. The minimum absolute atomic E-state index is 0.0114. The molecule has 27 heavy (non-hydrogen) atoms. The van der Waals surface area contributed by atoms with Gasteiger partial charge in [0.2, 0.25) is 5.91 Å². The molecule has 0 aromatic heterocycles. The molecule has 0 bridgehead atoms. The van der Waals surface area contributed by atoms with Crippen LogP contribution < -0.4 is 15.0 Å². The van der Waals surface area contributed by atoms with E-state index in [4.69, 9.17) is 4.74 Å². The predicted octanol–water partition coefficient (Wildman–Crippen LogP) is 3.51. The van der Waals surface area contributed by atoms with Crippen molar-refractivity contribution in [1.82, 2.24) is 5.32 Å². The Morgan fingerprint density at radius 2 is 1.93 bits per heavy atom. The third-order valence-corrected chi connectivity index (χ3v) is 4.35. The topological polar surface area (TPSA) is 58.6 Å².